The molecule has 0 fully saturated rings. The number of hydrogen-bond donors (Lipinski definition) is 1. The van der Waals surface area contributed by atoms with Gasteiger partial charge in [-0.2, -0.15) is 5.10 Å². The van der Waals surface area contributed by atoms with Gasteiger partial charge in [-0.25, -0.2) is 5.10 Å². The van der Waals surface area contributed by atoms with Gasteiger partial charge in [-0.3, -0.25) is 9.59 Å². The first-order valence-electron chi connectivity index (χ1n) is 5.10. The fourth-order valence-corrected chi connectivity index (χ4v) is 1.80. The summed E-state index contributed by atoms with van der Waals surface area (Å²) >= 11 is 3.33. The van der Waals surface area contributed by atoms with Gasteiger partial charge in [0.05, 0.1) is 5.69 Å². The van der Waals surface area contributed by atoms with Gasteiger partial charge in [-0.05, 0) is 24.3 Å². The molecular weight excluding hydrogens is 300 g/mol. The van der Waals surface area contributed by atoms with Crippen molar-refractivity contribution < 1.29 is 9.53 Å². The molecule has 0 bridgehead atoms. The average Bonchev–Trinajstić information content (AvgIpc) is 2.32. The number of halogens is 1. The molecule has 0 spiro atoms. The molecule has 2 rings (SSSR count). The van der Waals surface area contributed by atoms with Crippen LogP contribution in [0.1, 0.15) is 6.92 Å². The topological polar surface area (TPSA) is 72.1 Å². The number of rotatable bonds is 2. The Kier molecular flexibility index (Phi) is 3.57. The van der Waals surface area contributed by atoms with Crippen molar-refractivity contribution in [2.75, 3.05) is 0 Å². The van der Waals surface area contributed by atoms with Crippen LogP contribution in [0.4, 0.5) is 0 Å². The lowest BCUT2D eigenvalue weighted by molar-refractivity contribution is -0.131. The summed E-state index contributed by atoms with van der Waals surface area (Å²) in [7, 11) is 0. The maximum absolute atomic E-state index is 11.0. The Morgan fingerprint density at radius 3 is 2.72 bits per heavy atom. The Morgan fingerprint density at radius 1 is 1.33 bits per heavy atom. The highest BCUT2D eigenvalue weighted by Crippen LogP contribution is 2.31. The fourth-order valence-electron chi connectivity index (χ4n) is 1.44. The minimum atomic E-state index is -0.414. The van der Waals surface area contributed by atoms with E-state index in [1.165, 1.54) is 13.0 Å². The molecule has 92 valence electrons. The minimum absolute atomic E-state index is 0.289. The number of benzene rings is 1. The summed E-state index contributed by atoms with van der Waals surface area (Å²) in [4.78, 5) is 22.0. The molecule has 18 heavy (non-hydrogen) atoms. The quantitative estimate of drug-likeness (QED) is 0.681. The first-order valence-corrected chi connectivity index (χ1v) is 5.89. The van der Waals surface area contributed by atoms with Crippen molar-refractivity contribution in [3.63, 3.8) is 0 Å². The number of aromatic nitrogens is 2. The van der Waals surface area contributed by atoms with Gasteiger partial charge in [0, 0.05) is 23.0 Å². The van der Waals surface area contributed by atoms with Gasteiger partial charge in [0.2, 0.25) is 0 Å². The first kappa shape index (κ1) is 12.5. The average molecular weight is 309 g/mol. The molecule has 6 heteroatoms. The summed E-state index contributed by atoms with van der Waals surface area (Å²) in [5.74, 6) is -0.0201. The Hall–Kier alpha value is -1.95. The van der Waals surface area contributed by atoms with Crippen LogP contribution in [-0.4, -0.2) is 16.2 Å². The standard InChI is InChI=1S/C12H9BrN2O3/c1-7(16)18-11-4-2-8(13)6-9(11)10-3-5-12(17)15-14-10/h2-6H,1H3,(H,15,17). The molecule has 1 aromatic heterocycles. The number of carbonyl (C=O) groups excluding carboxylic acids is 1. The van der Waals surface area contributed by atoms with Crippen LogP contribution in [-0.2, 0) is 4.79 Å². The third-order valence-corrected chi connectivity index (χ3v) is 2.64. The molecule has 2 aromatic rings. The normalized spacial score (nSPS) is 10.1. The zero-order valence-corrected chi connectivity index (χ0v) is 11.0. The first-order chi connectivity index (χ1) is 8.56. The number of nitrogens with zero attached hydrogens (tertiary/aromatic N) is 1. The molecule has 1 heterocycles. The van der Waals surface area contributed by atoms with Crippen LogP contribution in [0.5, 0.6) is 5.75 Å². The van der Waals surface area contributed by atoms with E-state index in [-0.39, 0.29) is 5.56 Å². The van der Waals surface area contributed by atoms with E-state index < -0.39 is 5.97 Å². The zero-order valence-electron chi connectivity index (χ0n) is 9.44. The van der Waals surface area contributed by atoms with Crippen LogP contribution in [0.2, 0.25) is 0 Å². The highest BCUT2D eigenvalue weighted by molar-refractivity contribution is 9.10. The summed E-state index contributed by atoms with van der Waals surface area (Å²) in [6, 6.07) is 8.11. The van der Waals surface area contributed by atoms with Crippen molar-refractivity contribution in [1.29, 1.82) is 0 Å². The number of nitrogens with one attached hydrogen (secondary N) is 1. The Labute approximate surface area is 111 Å². The van der Waals surface area contributed by atoms with Gasteiger partial charge in [0.1, 0.15) is 5.75 Å². The van der Waals surface area contributed by atoms with Gasteiger partial charge >= 0.3 is 5.97 Å². The molecule has 0 saturated carbocycles. The maximum Gasteiger partial charge on any atom is 0.308 e. The van der Waals surface area contributed by atoms with E-state index in [2.05, 4.69) is 26.1 Å². The van der Waals surface area contributed by atoms with Crippen LogP contribution < -0.4 is 10.3 Å². The number of aromatic amines is 1. The molecule has 0 aliphatic rings. The number of H-pyrrole nitrogens is 1. The van der Waals surface area contributed by atoms with E-state index in [1.807, 2.05) is 0 Å². The Bertz CT molecular complexity index is 632. The third-order valence-electron chi connectivity index (χ3n) is 2.15. The monoisotopic (exact) mass is 308 g/mol. The lowest BCUT2D eigenvalue weighted by atomic mass is 10.1. The van der Waals surface area contributed by atoms with Crippen molar-refractivity contribution in [2.24, 2.45) is 0 Å². The Morgan fingerprint density at radius 2 is 2.11 bits per heavy atom. The van der Waals surface area contributed by atoms with Crippen molar-refractivity contribution in [3.05, 3.63) is 45.2 Å². The predicted molar refractivity (Wildman–Crippen MR) is 69.3 cm³/mol. The van der Waals surface area contributed by atoms with Crippen LogP contribution in [0.25, 0.3) is 11.3 Å². The smallest absolute Gasteiger partial charge is 0.308 e. The van der Waals surface area contributed by atoms with Gasteiger partial charge in [-0.15, -0.1) is 0 Å². The summed E-state index contributed by atoms with van der Waals surface area (Å²) in [6.45, 7) is 1.33. The third kappa shape index (κ3) is 2.84. The summed E-state index contributed by atoms with van der Waals surface area (Å²) < 4.78 is 5.91. The molecule has 0 aliphatic carbocycles. The highest BCUT2D eigenvalue weighted by Gasteiger charge is 2.10. The Balaban J connectivity index is 2.53. The molecule has 0 radical (unpaired) electrons. The van der Waals surface area contributed by atoms with Gasteiger partial charge in [0.15, 0.2) is 0 Å². The van der Waals surface area contributed by atoms with E-state index in [4.69, 9.17) is 4.74 Å². The molecule has 0 atom stereocenters. The molecule has 1 N–H and O–H groups in total. The van der Waals surface area contributed by atoms with Crippen LogP contribution in [0.3, 0.4) is 0 Å². The summed E-state index contributed by atoms with van der Waals surface area (Å²) in [5, 5.41) is 6.24. The molecule has 1 aromatic carbocycles. The zero-order chi connectivity index (χ0) is 13.1. The van der Waals surface area contributed by atoms with Gasteiger partial charge < -0.3 is 4.74 Å². The van der Waals surface area contributed by atoms with Crippen molar-refractivity contribution in [1.82, 2.24) is 10.2 Å². The molecule has 5 nitrogen and oxygen atoms in total. The fraction of sp³-hybridized carbons (Fsp3) is 0.0833. The largest absolute Gasteiger partial charge is 0.426 e. The molecular formula is C12H9BrN2O3. The second-order valence-corrected chi connectivity index (χ2v) is 4.46. The van der Waals surface area contributed by atoms with Crippen molar-refractivity contribution in [2.45, 2.75) is 6.92 Å². The molecule has 0 unspecified atom stereocenters. The number of esters is 1. The minimum Gasteiger partial charge on any atom is -0.426 e. The van der Waals surface area contributed by atoms with Crippen molar-refractivity contribution >= 4 is 21.9 Å². The lowest BCUT2D eigenvalue weighted by Crippen LogP contribution is -2.07. The lowest BCUT2D eigenvalue weighted by Gasteiger charge is -2.08. The molecule has 0 amide bonds. The van der Waals surface area contributed by atoms with E-state index in [1.54, 1.807) is 24.3 Å². The molecule has 0 aliphatic heterocycles. The van der Waals surface area contributed by atoms with E-state index in [0.29, 0.717) is 17.0 Å². The second-order valence-electron chi connectivity index (χ2n) is 3.54. The van der Waals surface area contributed by atoms with E-state index >= 15 is 0 Å². The summed E-state index contributed by atoms with van der Waals surface area (Å²) in [6.07, 6.45) is 0. The number of carbonyl (C=O) groups is 1. The predicted octanol–water partition coefficient (Wildman–Crippen LogP) is 2.12. The second kappa shape index (κ2) is 5.14. The van der Waals surface area contributed by atoms with Crippen molar-refractivity contribution in [3.8, 4) is 17.0 Å². The SMILES string of the molecule is CC(=O)Oc1ccc(Br)cc1-c1ccc(=O)[nH]n1. The highest BCUT2D eigenvalue weighted by atomic mass is 79.9. The number of ether oxygens (including phenoxy) is 1. The number of hydrogen-bond acceptors (Lipinski definition) is 4. The van der Waals surface area contributed by atoms with Crippen LogP contribution >= 0.6 is 15.9 Å². The molecule has 0 saturated heterocycles. The van der Waals surface area contributed by atoms with Gasteiger partial charge in [0.25, 0.3) is 5.56 Å². The van der Waals surface area contributed by atoms with E-state index in [0.717, 1.165) is 4.47 Å². The maximum atomic E-state index is 11.0. The van der Waals surface area contributed by atoms with Gasteiger partial charge in [-0.1, -0.05) is 15.9 Å². The van der Waals surface area contributed by atoms with E-state index in [9.17, 15) is 9.59 Å². The summed E-state index contributed by atoms with van der Waals surface area (Å²) in [5.41, 5.74) is 0.853. The van der Waals surface area contributed by atoms with Crippen LogP contribution in [0, 0.1) is 0 Å². The van der Waals surface area contributed by atoms with Crippen LogP contribution in [0.15, 0.2) is 39.6 Å².